The minimum Gasteiger partial charge on any atom is -0.417 e. The molecule has 0 spiro atoms. The molecule has 0 saturated carbocycles. The van der Waals surface area contributed by atoms with E-state index in [0.29, 0.717) is 6.61 Å². The van der Waals surface area contributed by atoms with Gasteiger partial charge in [-0.15, -0.1) is 0 Å². The van der Waals surface area contributed by atoms with E-state index in [1.54, 1.807) is 0 Å². The van der Waals surface area contributed by atoms with E-state index < -0.39 is 17.1 Å². The van der Waals surface area contributed by atoms with Gasteiger partial charge in [0.25, 0.3) is 0 Å². The van der Waals surface area contributed by atoms with E-state index in [-0.39, 0.29) is 13.5 Å². The molecule has 0 aliphatic rings. The minimum absolute atomic E-state index is 0. The number of aliphatic hydroxyl groups is 1. The van der Waals surface area contributed by atoms with Crippen molar-refractivity contribution in [2.75, 3.05) is 6.61 Å². The molecule has 0 heterocycles. The summed E-state index contributed by atoms with van der Waals surface area (Å²) in [4.78, 5) is 0. The monoisotopic (exact) mass is 262 g/mol. The standard InChI is InChI=1S/C11H26O2Si2.CH4/c1-7-11(12)10(8-13-14(2)3)9-15(4,5)6;/h9,11-12,14H,7-8H2,1-6H3;1H4. The Labute approximate surface area is 104 Å². The second kappa shape index (κ2) is 8.22. The van der Waals surface area contributed by atoms with E-state index in [1.807, 2.05) is 6.92 Å². The van der Waals surface area contributed by atoms with Crippen LogP contribution in [0, 0.1) is 0 Å². The zero-order valence-electron chi connectivity index (χ0n) is 11.0. The Morgan fingerprint density at radius 3 is 2.19 bits per heavy atom. The van der Waals surface area contributed by atoms with Gasteiger partial charge >= 0.3 is 0 Å². The smallest absolute Gasteiger partial charge is 0.171 e. The molecule has 0 bridgehead atoms. The molecule has 0 saturated heterocycles. The second-order valence-electron chi connectivity index (χ2n) is 5.37. The van der Waals surface area contributed by atoms with Crippen LogP contribution in [0.3, 0.4) is 0 Å². The molecule has 0 rings (SSSR count). The Balaban J connectivity index is 0. The first-order chi connectivity index (χ1) is 6.76. The highest BCUT2D eigenvalue weighted by atomic mass is 28.3. The molecule has 0 aromatic rings. The first kappa shape index (κ1) is 18.5. The van der Waals surface area contributed by atoms with E-state index in [0.717, 1.165) is 12.0 Å². The lowest BCUT2D eigenvalue weighted by Gasteiger charge is -2.19. The zero-order chi connectivity index (χ0) is 12.1. The van der Waals surface area contributed by atoms with Crippen molar-refractivity contribution in [3.05, 3.63) is 11.3 Å². The van der Waals surface area contributed by atoms with E-state index in [4.69, 9.17) is 4.43 Å². The van der Waals surface area contributed by atoms with Gasteiger partial charge in [0.05, 0.1) is 20.8 Å². The maximum atomic E-state index is 9.88. The Morgan fingerprint density at radius 1 is 1.38 bits per heavy atom. The van der Waals surface area contributed by atoms with Gasteiger partial charge in [-0.1, -0.05) is 39.7 Å². The molecule has 0 fully saturated rings. The molecule has 1 N–H and O–H groups in total. The second-order valence-corrected chi connectivity index (χ2v) is 12.8. The van der Waals surface area contributed by atoms with Crippen LogP contribution in [0.1, 0.15) is 20.8 Å². The highest BCUT2D eigenvalue weighted by Crippen LogP contribution is 2.13. The molecule has 1 unspecified atom stereocenters. The first-order valence-corrected chi connectivity index (χ1v) is 12.1. The molecule has 4 heteroatoms. The van der Waals surface area contributed by atoms with Crippen molar-refractivity contribution >= 4 is 17.1 Å². The predicted octanol–water partition coefficient (Wildman–Crippen LogP) is 3.20. The average molecular weight is 263 g/mol. The molecular weight excluding hydrogens is 232 g/mol. The molecule has 0 aliphatic carbocycles. The summed E-state index contributed by atoms with van der Waals surface area (Å²) in [5.74, 6) is 0. The first-order valence-electron chi connectivity index (χ1n) is 5.77. The summed E-state index contributed by atoms with van der Waals surface area (Å²) in [6.07, 6.45) is 0.462. The van der Waals surface area contributed by atoms with Crippen molar-refractivity contribution in [2.24, 2.45) is 0 Å². The number of aliphatic hydroxyl groups excluding tert-OH is 1. The summed E-state index contributed by atoms with van der Waals surface area (Å²) in [7, 11) is -2.24. The van der Waals surface area contributed by atoms with E-state index in [1.165, 1.54) is 0 Å². The lowest BCUT2D eigenvalue weighted by molar-refractivity contribution is 0.188. The van der Waals surface area contributed by atoms with Crippen LogP contribution >= 0.6 is 0 Å². The highest BCUT2D eigenvalue weighted by molar-refractivity contribution is 6.81. The summed E-state index contributed by atoms with van der Waals surface area (Å²) in [6, 6.07) is 0. The van der Waals surface area contributed by atoms with Crippen molar-refractivity contribution in [1.29, 1.82) is 0 Å². The third-order valence-corrected chi connectivity index (χ3v) is 4.09. The SMILES string of the molecule is C.CCC(O)C(=C[Si](C)(C)C)CO[SiH](C)C. The topological polar surface area (TPSA) is 29.5 Å². The zero-order valence-corrected chi connectivity index (χ0v) is 13.2. The molecule has 0 radical (unpaired) electrons. The van der Waals surface area contributed by atoms with Crippen LogP contribution in [-0.4, -0.2) is 34.9 Å². The Kier molecular flexibility index (Phi) is 9.49. The van der Waals surface area contributed by atoms with Gasteiger partial charge in [0.2, 0.25) is 0 Å². The number of hydrogen-bond acceptors (Lipinski definition) is 2. The van der Waals surface area contributed by atoms with Gasteiger partial charge in [-0.3, -0.25) is 0 Å². The van der Waals surface area contributed by atoms with Crippen LogP contribution in [0.4, 0.5) is 0 Å². The maximum absolute atomic E-state index is 9.88. The van der Waals surface area contributed by atoms with Gasteiger partial charge in [-0.05, 0) is 25.1 Å². The molecular formula is C12H30O2Si2. The van der Waals surface area contributed by atoms with Crippen molar-refractivity contribution < 1.29 is 9.53 Å². The summed E-state index contributed by atoms with van der Waals surface area (Å²) in [6.45, 7) is 13.8. The van der Waals surface area contributed by atoms with Crippen molar-refractivity contribution in [3.63, 3.8) is 0 Å². The maximum Gasteiger partial charge on any atom is 0.171 e. The Hall–Kier alpha value is 0.0938. The third-order valence-electron chi connectivity index (χ3n) is 2.02. The largest absolute Gasteiger partial charge is 0.417 e. The fourth-order valence-corrected chi connectivity index (χ4v) is 3.23. The third kappa shape index (κ3) is 9.33. The molecule has 2 nitrogen and oxygen atoms in total. The predicted molar refractivity (Wildman–Crippen MR) is 79.3 cm³/mol. The summed E-state index contributed by atoms with van der Waals surface area (Å²) in [5.41, 5.74) is 3.37. The quantitative estimate of drug-likeness (QED) is 0.745. The summed E-state index contributed by atoms with van der Waals surface area (Å²) in [5, 5.41) is 9.88. The average Bonchev–Trinajstić information content (AvgIpc) is 2.08. The summed E-state index contributed by atoms with van der Waals surface area (Å²) < 4.78 is 5.71. The van der Waals surface area contributed by atoms with Crippen molar-refractivity contribution in [3.8, 4) is 0 Å². The molecule has 0 aromatic heterocycles. The molecule has 0 amide bonds. The van der Waals surface area contributed by atoms with Gasteiger partial charge in [-0.25, -0.2) is 0 Å². The van der Waals surface area contributed by atoms with Crippen LogP contribution in [0.2, 0.25) is 32.7 Å². The molecule has 0 aromatic carbocycles. The molecule has 16 heavy (non-hydrogen) atoms. The number of rotatable bonds is 6. The van der Waals surface area contributed by atoms with E-state index in [9.17, 15) is 5.11 Å². The molecule has 1 atom stereocenters. The van der Waals surface area contributed by atoms with Crippen LogP contribution in [-0.2, 0) is 4.43 Å². The van der Waals surface area contributed by atoms with Gasteiger partial charge in [0.1, 0.15) is 0 Å². The van der Waals surface area contributed by atoms with Crippen LogP contribution < -0.4 is 0 Å². The highest BCUT2D eigenvalue weighted by Gasteiger charge is 2.16. The Bertz CT molecular complexity index is 208. The minimum atomic E-state index is -1.26. The van der Waals surface area contributed by atoms with Gasteiger partial charge in [0.15, 0.2) is 9.04 Å². The van der Waals surface area contributed by atoms with Gasteiger partial charge in [-0.2, -0.15) is 0 Å². The van der Waals surface area contributed by atoms with E-state index >= 15 is 0 Å². The van der Waals surface area contributed by atoms with Gasteiger partial charge < -0.3 is 9.53 Å². The molecule has 98 valence electrons. The fourth-order valence-electron chi connectivity index (χ4n) is 1.32. The summed E-state index contributed by atoms with van der Waals surface area (Å²) >= 11 is 0. The lowest BCUT2D eigenvalue weighted by atomic mass is 10.1. The van der Waals surface area contributed by atoms with Crippen LogP contribution in [0.5, 0.6) is 0 Å². The normalized spacial score (nSPS) is 14.9. The molecule has 0 aliphatic heterocycles. The van der Waals surface area contributed by atoms with Crippen LogP contribution in [0.25, 0.3) is 0 Å². The fraction of sp³-hybridized carbons (Fsp3) is 0.833. The van der Waals surface area contributed by atoms with Crippen LogP contribution in [0.15, 0.2) is 11.3 Å². The van der Waals surface area contributed by atoms with Crippen molar-refractivity contribution in [2.45, 2.75) is 59.6 Å². The van der Waals surface area contributed by atoms with E-state index in [2.05, 4.69) is 38.4 Å². The van der Waals surface area contributed by atoms with Crippen molar-refractivity contribution in [1.82, 2.24) is 0 Å². The lowest BCUT2D eigenvalue weighted by Crippen LogP contribution is -2.24. The van der Waals surface area contributed by atoms with Gasteiger partial charge in [0, 0.05) is 0 Å². The Morgan fingerprint density at radius 2 is 1.88 bits per heavy atom. The number of hydrogen-bond donors (Lipinski definition) is 1.